The third-order valence-corrected chi connectivity index (χ3v) is 6.70. The molecule has 1 aliphatic heterocycles. The lowest BCUT2D eigenvalue weighted by Crippen LogP contribution is -2.52. The van der Waals surface area contributed by atoms with Gasteiger partial charge in [0.05, 0.1) is 7.11 Å². The fraction of sp³-hybridized carbons (Fsp3) is 0.407. The predicted octanol–water partition coefficient (Wildman–Crippen LogP) is 4.65. The average molecular weight is 448 g/mol. The maximum atomic E-state index is 13.3. The number of amides is 2. The number of nitrogens with zero attached hydrogens (tertiary/aromatic N) is 1. The Morgan fingerprint density at radius 3 is 2.42 bits per heavy atom. The van der Waals surface area contributed by atoms with Crippen LogP contribution in [-0.4, -0.2) is 47.9 Å². The van der Waals surface area contributed by atoms with Gasteiger partial charge in [-0.3, -0.25) is 9.59 Å². The number of rotatable bonds is 6. The molecular formula is C27H33N3O3. The van der Waals surface area contributed by atoms with Gasteiger partial charge in [0.1, 0.15) is 11.8 Å². The Morgan fingerprint density at radius 2 is 1.79 bits per heavy atom. The van der Waals surface area contributed by atoms with E-state index >= 15 is 0 Å². The molecule has 174 valence electrons. The minimum absolute atomic E-state index is 0.00417. The number of benzene rings is 2. The molecule has 1 atom stereocenters. The Kier molecular flexibility index (Phi) is 6.72. The number of H-pyrrole nitrogens is 1. The number of piperidine rings is 1. The standard InChI is InChI=1S/C27H33N3O3/c1-17(2)25(29-26(31)20-7-5-18(3)6-8-20)27(32)30-13-11-19(12-14-30)23-16-28-24-10-9-21(33-4)15-22(23)24/h5-10,15-17,19,25,28H,11-14H2,1-4H3,(H,29,31). The van der Waals surface area contributed by atoms with E-state index in [2.05, 4.69) is 22.6 Å². The van der Waals surface area contributed by atoms with Crippen molar-refractivity contribution in [2.24, 2.45) is 5.92 Å². The number of aryl methyl sites for hydroxylation is 1. The summed E-state index contributed by atoms with van der Waals surface area (Å²) in [6, 6.07) is 13.0. The number of likely N-dealkylation sites (tertiary alicyclic amines) is 1. The van der Waals surface area contributed by atoms with Crippen molar-refractivity contribution in [3.8, 4) is 5.75 Å². The van der Waals surface area contributed by atoms with Crippen LogP contribution >= 0.6 is 0 Å². The van der Waals surface area contributed by atoms with E-state index in [1.807, 2.05) is 49.9 Å². The van der Waals surface area contributed by atoms with Gasteiger partial charge in [-0.25, -0.2) is 0 Å². The van der Waals surface area contributed by atoms with Gasteiger partial charge in [0.2, 0.25) is 5.91 Å². The molecule has 4 rings (SSSR count). The van der Waals surface area contributed by atoms with Crippen molar-refractivity contribution in [2.75, 3.05) is 20.2 Å². The minimum Gasteiger partial charge on any atom is -0.497 e. The normalized spacial score (nSPS) is 15.6. The molecule has 2 heterocycles. The number of carbonyl (C=O) groups excluding carboxylic acids is 2. The number of methoxy groups -OCH3 is 1. The maximum Gasteiger partial charge on any atom is 0.251 e. The van der Waals surface area contributed by atoms with E-state index in [1.165, 1.54) is 10.9 Å². The lowest BCUT2D eigenvalue weighted by Gasteiger charge is -2.35. The summed E-state index contributed by atoms with van der Waals surface area (Å²) in [6.45, 7) is 7.31. The van der Waals surface area contributed by atoms with Gasteiger partial charge in [0.15, 0.2) is 0 Å². The molecule has 6 heteroatoms. The number of hydrogen-bond donors (Lipinski definition) is 2. The van der Waals surface area contributed by atoms with E-state index in [1.54, 1.807) is 19.2 Å². The highest BCUT2D eigenvalue weighted by Gasteiger charge is 2.32. The summed E-state index contributed by atoms with van der Waals surface area (Å²) >= 11 is 0. The molecule has 2 amide bonds. The first-order valence-corrected chi connectivity index (χ1v) is 11.7. The van der Waals surface area contributed by atoms with Crippen molar-refractivity contribution in [1.82, 2.24) is 15.2 Å². The molecule has 2 aromatic carbocycles. The van der Waals surface area contributed by atoms with Gasteiger partial charge >= 0.3 is 0 Å². The molecule has 1 unspecified atom stereocenters. The highest BCUT2D eigenvalue weighted by molar-refractivity contribution is 5.97. The van der Waals surface area contributed by atoms with E-state index in [0.29, 0.717) is 24.6 Å². The van der Waals surface area contributed by atoms with Crippen LogP contribution < -0.4 is 10.1 Å². The monoisotopic (exact) mass is 447 g/mol. The summed E-state index contributed by atoms with van der Waals surface area (Å²) in [5.41, 5.74) is 4.05. The third kappa shape index (κ3) is 4.90. The van der Waals surface area contributed by atoms with Crippen LogP contribution in [0.1, 0.15) is 54.1 Å². The number of nitrogens with one attached hydrogen (secondary N) is 2. The van der Waals surface area contributed by atoms with E-state index in [0.717, 1.165) is 29.7 Å². The first kappa shape index (κ1) is 22.9. The second-order valence-corrected chi connectivity index (χ2v) is 9.32. The lowest BCUT2D eigenvalue weighted by molar-refractivity contribution is -0.135. The minimum atomic E-state index is -0.535. The van der Waals surface area contributed by atoms with Crippen LogP contribution in [-0.2, 0) is 4.79 Å². The van der Waals surface area contributed by atoms with Crippen molar-refractivity contribution < 1.29 is 14.3 Å². The van der Waals surface area contributed by atoms with Gasteiger partial charge in [-0.2, -0.15) is 0 Å². The number of carbonyl (C=O) groups is 2. The zero-order valence-corrected chi connectivity index (χ0v) is 19.9. The summed E-state index contributed by atoms with van der Waals surface area (Å²) in [5.74, 6) is 1.04. The molecule has 1 saturated heterocycles. The summed E-state index contributed by atoms with van der Waals surface area (Å²) in [4.78, 5) is 31.4. The first-order chi connectivity index (χ1) is 15.9. The summed E-state index contributed by atoms with van der Waals surface area (Å²) < 4.78 is 5.40. The van der Waals surface area contributed by atoms with Crippen LogP contribution in [0.15, 0.2) is 48.7 Å². The van der Waals surface area contributed by atoms with Gasteiger partial charge in [-0.05, 0) is 67.5 Å². The molecule has 1 aromatic heterocycles. The van der Waals surface area contributed by atoms with E-state index in [-0.39, 0.29) is 17.7 Å². The molecule has 3 aromatic rings. The van der Waals surface area contributed by atoms with Crippen molar-refractivity contribution in [3.05, 3.63) is 65.4 Å². The van der Waals surface area contributed by atoms with Crippen LogP contribution in [0.2, 0.25) is 0 Å². The van der Waals surface area contributed by atoms with Crippen LogP contribution in [0.3, 0.4) is 0 Å². The highest BCUT2D eigenvalue weighted by Crippen LogP contribution is 2.35. The Balaban J connectivity index is 1.42. The predicted molar refractivity (Wildman–Crippen MR) is 131 cm³/mol. The number of ether oxygens (including phenoxy) is 1. The second kappa shape index (κ2) is 9.69. The smallest absolute Gasteiger partial charge is 0.251 e. The van der Waals surface area contributed by atoms with Crippen molar-refractivity contribution in [3.63, 3.8) is 0 Å². The Bertz CT molecular complexity index is 1130. The molecule has 0 saturated carbocycles. The largest absolute Gasteiger partial charge is 0.497 e. The van der Waals surface area contributed by atoms with Crippen LogP contribution in [0, 0.1) is 12.8 Å². The van der Waals surface area contributed by atoms with Crippen LogP contribution in [0.4, 0.5) is 0 Å². The molecule has 2 N–H and O–H groups in total. The molecular weight excluding hydrogens is 414 g/mol. The van der Waals surface area contributed by atoms with Crippen molar-refractivity contribution in [2.45, 2.75) is 45.6 Å². The third-order valence-electron chi connectivity index (χ3n) is 6.70. The zero-order valence-electron chi connectivity index (χ0n) is 19.9. The summed E-state index contributed by atoms with van der Waals surface area (Å²) in [5, 5.41) is 4.16. The number of fused-ring (bicyclic) bond motifs is 1. The SMILES string of the molecule is COc1ccc2[nH]cc(C3CCN(C(=O)C(NC(=O)c4ccc(C)cc4)C(C)C)CC3)c2c1. The van der Waals surface area contributed by atoms with Crippen molar-refractivity contribution >= 4 is 22.7 Å². The van der Waals surface area contributed by atoms with Gasteiger partial charge in [0, 0.05) is 35.8 Å². The molecule has 0 bridgehead atoms. The molecule has 0 radical (unpaired) electrons. The molecule has 0 spiro atoms. The lowest BCUT2D eigenvalue weighted by atomic mass is 9.88. The quantitative estimate of drug-likeness (QED) is 0.578. The molecule has 0 aliphatic carbocycles. The Morgan fingerprint density at radius 1 is 1.09 bits per heavy atom. The Hall–Kier alpha value is -3.28. The fourth-order valence-corrected chi connectivity index (χ4v) is 4.64. The van der Waals surface area contributed by atoms with E-state index in [9.17, 15) is 9.59 Å². The number of aromatic amines is 1. The molecule has 33 heavy (non-hydrogen) atoms. The number of aromatic nitrogens is 1. The highest BCUT2D eigenvalue weighted by atomic mass is 16.5. The van der Waals surface area contributed by atoms with Gasteiger partial charge < -0.3 is 19.9 Å². The summed E-state index contributed by atoms with van der Waals surface area (Å²) in [7, 11) is 1.68. The van der Waals surface area contributed by atoms with E-state index < -0.39 is 6.04 Å². The summed E-state index contributed by atoms with van der Waals surface area (Å²) in [6.07, 6.45) is 3.88. The maximum absolute atomic E-state index is 13.3. The first-order valence-electron chi connectivity index (χ1n) is 11.7. The average Bonchev–Trinajstić information content (AvgIpc) is 3.25. The fourth-order valence-electron chi connectivity index (χ4n) is 4.64. The number of hydrogen-bond acceptors (Lipinski definition) is 3. The van der Waals surface area contributed by atoms with Crippen LogP contribution in [0.5, 0.6) is 5.75 Å². The molecule has 1 aliphatic rings. The van der Waals surface area contributed by atoms with Crippen molar-refractivity contribution in [1.29, 1.82) is 0 Å². The zero-order chi connectivity index (χ0) is 23.5. The topological polar surface area (TPSA) is 74.4 Å². The van der Waals surface area contributed by atoms with Gasteiger partial charge in [-0.15, -0.1) is 0 Å². The molecule has 1 fully saturated rings. The van der Waals surface area contributed by atoms with E-state index in [4.69, 9.17) is 4.74 Å². The van der Waals surface area contributed by atoms with Crippen LogP contribution in [0.25, 0.3) is 10.9 Å². The molecule has 6 nitrogen and oxygen atoms in total. The van der Waals surface area contributed by atoms with Gasteiger partial charge in [0.25, 0.3) is 5.91 Å². The second-order valence-electron chi connectivity index (χ2n) is 9.32. The van der Waals surface area contributed by atoms with Gasteiger partial charge in [-0.1, -0.05) is 31.5 Å². The Labute approximate surface area is 195 Å².